The minimum atomic E-state index is -3.86. The second-order valence-corrected chi connectivity index (χ2v) is 10.8. The fraction of sp³-hybridized carbons (Fsp3) is 0.333. The van der Waals surface area contributed by atoms with Crippen LogP contribution in [0, 0.1) is 19.8 Å². The maximum atomic E-state index is 13.5. The van der Waals surface area contributed by atoms with E-state index in [1.807, 2.05) is 31.2 Å². The Morgan fingerprint density at radius 3 is 2.41 bits per heavy atom. The number of rotatable bonds is 8. The van der Waals surface area contributed by atoms with Crippen LogP contribution in [0.5, 0.6) is 11.5 Å². The van der Waals surface area contributed by atoms with Gasteiger partial charge in [-0.25, -0.2) is 8.42 Å². The summed E-state index contributed by atoms with van der Waals surface area (Å²) in [5.41, 5.74) is 2.89. The Balaban J connectivity index is 1.44. The lowest BCUT2D eigenvalue weighted by molar-refractivity contribution is -0.120. The van der Waals surface area contributed by atoms with Crippen molar-refractivity contribution in [3.05, 3.63) is 65.0 Å². The molecule has 1 aliphatic rings. The lowest BCUT2D eigenvalue weighted by atomic mass is 9.97. The van der Waals surface area contributed by atoms with Crippen molar-refractivity contribution < 1.29 is 27.2 Å². The molecule has 1 aliphatic heterocycles. The summed E-state index contributed by atoms with van der Waals surface area (Å²) >= 11 is 0. The predicted molar refractivity (Wildman–Crippen MR) is 141 cm³/mol. The number of methoxy groups -OCH3 is 2. The highest BCUT2D eigenvalue weighted by Crippen LogP contribution is 2.32. The maximum absolute atomic E-state index is 13.5. The smallest absolute Gasteiger partial charge is 0.248 e. The summed E-state index contributed by atoms with van der Waals surface area (Å²) < 4.78 is 44.3. The van der Waals surface area contributed by atoms with E-state index in [9.17, 15) is 13.2 Å². The van der Waals surface area contributed by atoms with E-state index in [4.69, 9.17) is 14.0 Å². The Morgan fingerprint density at radius 2 is 1.76 bits per heavy atom. The number of nitrogens with zero attached hydrogens (tertiary/aromatic N) is 2. The highest BCUT2D eigenvalue weighted by atomic mass is 32.2. The molecule has 2 aromatic carbocycles. The third-order valence-corrected chi connectivity index (χ3v) is 8.48. The van der Waals surface area contributed by atoms with Crippen molar-refractivity contribution in [3.8, 4) is 11.5 Å². The quantitative estimate of drug-likeness (QED) is 0.460. The molecule has 1 aromatic heterocycles. The Labute approximate surface area is 217 Å². The van der Waals surface area contributed by atoms with Gasteiger partial charge in [-0.15, -0.1) is 0 Å². The number of sulfonamides is 1. The van der Waals surface area contributed by atoms with Crippen molar-refractivity contribution in [2.24, 2.45) is 5.92 Å². The summed E-state index contributed by atoms with van der Waals surface area (Å²) in [7, 11) is -0.784. The summed E-state index contributed by atoms with van der Waals surface area (Å²) in [6, 6.07) is 13.0. The third-order valence-electron chi connectivity index (χ3n) is 6.43. The summed E-state index contributed by atoms with van der Waals surface area (Å²) in [4.78, 5) is 13.0. The fourth-order valence-electron chi connectivity index (χ4n) is 4.27. The van der Waals surface area contributed by atoms with Crippen LogP contribution in [0.3, 0.4) is 0 Å². The molecule has 37 heavy (non-hydrogen) atoms. The Bertz CT molecular complexity index is 1390. The number of hydrogen-bond acceptors (Lipinski definition) is 7. The van der Waals surface area contributed by atoms with Crippen LogP contribution in [-0.4, -0.2) is 51.1 Å². The molecule has 4 rings (SSSR count). The van der Waals surface area contributed by atoms with Crippen LogP contribution in [0.4, 0.5) is 5.69 Å². The first kappa shape index (κ1) is 26.4. The molecule has 0 atom stereocenters. The van der Waals surface area contributed by atoms with Crippen LogP contribution in [0.25, 0.3) is 12.2 Å². The van der Waals surface area contributed by atoms with Gasteiger partial charge in [0.05, 0.1) is 19.9 Å². The van der Waals surface area contributed by atoms with Crippen molar-refractivity contribution >= 4 is 33.8 Å². The summed E-state index contributed by atoms with van der Waals surface area (Å²) in [5, 5.41) is 6.80. The molecule has 0 radical (unpaired) electrons. The maximum Gasteiger partial charge on any atom is 0.248 e. The Kier molecular flexibility index (Phi) is 7.99. The predicted octanol–water partition coefficient (Wildman–Crippen LogP) is 4.52. The lowest BCUT2D eigenvalue weighted by Crippen LogP contribution is -2.41. The van der Waals surface area contributed by atoms with E-state index in [0.29, 0.717) is 35.7 Å². The molecule has 1 fully saturated rings. The van der Waals surface area contributed by atoms with Crippen LogP contribution < -0.4 is 14.8 Å². The molecule has 0 spiro atoms. The van der Waals surface area contributed by atoms with Crippen molar-refractivity contribution in [2.75, 3.05) is 32.6 Å². The second-order valence-electron chi connectivity index (χ2n) is 8.94. The molecule has 3 aromatic rings. The first-order valence-corrected chi connectivity index (χ1v) is 13.4. The van der Waals surface area contributed by atoms with Gasteiger partial charge in [0.1, 0.15) is 17.2 Å². The summed E-state index contributed by atoms with van der Waals surface area (Å²) in [6.07, 6.45) is 4.20. The van der Waals surface area contributed by atoms with Crippen molar-refractivity contribution in [2.45, 2.75) is 31.6 Å². The molecular weight excluding hydrogens is 494 g/mol. The average molecular weight is 526 g/mol. The van der Waals surface area contributed by atoms with Crippen molar-refractivity contribution in [1.29, 1.82) is 0 Å². The SMILES string of the molecule is COc1ccc(NC(=O)C2CCN(S(=O)(=O)c3c(C)noc3C=Cc3ccc(C)cc3)CC2)c(OC)c1. The number of carbonyl (C=O) groups is 1. The fourth-order valence-corrected chi connectivity index (χ4v) is 5.99. The normalized spacial score (nSPS) is 15.1. The monoisotopic (exact) mass is 525 g/mol. The van der Waals surface area contributed by atoms with E-state index >= 15 is 0 Å². The van der Waals surface area contributed by atoms with Gasteiger partial charge in [0.25, 0.3) is 0 Å². The largest absolute Gasteiger partial charge is 0.497 e. The molecule has 0 aliphatic carbocycles. The summed E-state index contributed by atoms with van der Waals surface area (Å²) in [6.45, 7) is 4.04. The zero-order valence-corrected chi connectivity index (χ0v) is 22.2. The van der Waals surface area contributed by atoms with Gasteiger partial charge >= 0.3 is 0 Å². The zero-order chi connectivity index (χ0) is 26.6. The number of aryl methyl sites for hydroxylation is 2. The van der Waals surface area contributed by atoms with Gasteiger partial charge in [-0.3, -0.25) is 4.79 Å². The van der Waals surface area contributed by atoms with Crippen LogP contribution in [0.1, 0.15) is 35.4 Å². The highest BCUT2D eigenvalue weighted by Gasteiger charge is 2.36. The molecule has 10 heteroatoms. The van der Waals surface area contributed by atoms with Crippen LogP contribution in [0.2, 0.25) is 0 Å². The van der Waals surface area contributed by atoms with Crippen LogP contribution in [0.15, 0.2) is 51.9 Å². The zero-order valence-electron chi connectivity index (χ0n) is 21.4. The number of carbonyl (C=O) groups excluding carboxylic acids is 1. The highest BCUT2D eigenvalue weighted by molar-refractivity contribution is 7.89. The van der Waals surface area contributed by atoms with Crippen LogP contribution >= 0.6 is 0 Å². The molecule has 0 saturated carbocycles. The Morgan fingerprint density at radius 1 is 1.05 bits per heavy atom. The minimum Gasteiger partial charge on any atom is -0.497 e. The number of piperidine rings is 1. The van der Waals surface area contributed by atoms with E-state index in [-0.39, 0.29) is 35.6 Å². The number of benzene rings is 2. The summed E-state index contributed by atoms with van der Waals surface area (Å²) in [5.74, 6) is 0.781. The first-order valence-electron chi connectivity index (χ1n) is 12.0. The number of ether oxygens (including phenoxy) is 2. The van der Waals surface area contributed by atoms with Gasteiger partial charge < -0.3 is 19.3 Å². The Hall–Kier alpha value is -3.63. The molecule has 0 bridgehead atoms. The van der Waals surface area contributed by atoms with Gasteiger partial charge in [-0.05, 0) is 50.5 Å². The molecule has 2 heterocycles. The third kappa shape index (κ3) is 5.86. The molecular formula is C27H31N3O6S. The standard InChI is InChI=1S/C27H31N3O6S/c1-18-5-7-20(8-6-18)9-12-24-26(19(2)29-36-24)37(32,33)30-15-13-21(14-16-30)27(31)28-23-11-10-22(34-3)17-25(23)35-4/h5-12,17,21H,13-16H2,1-4H3,(H,28,31). The number of anilines is 1. The topological polar surface area (TPSA) is 111 Å². The van der Waals surface area contributed by atoms with E-state index in [1.165, 1.54) is 11.4 Å². The number of aromatic nitrogens is 1. The lowest BCUT2D eigenvalue weighted by Gasteiger charge is -2.30. The number of hydrogen-bond donors (Lipinski definition) is 1. The average Bonchev–Trinajstić information content (AvgIpc) is 3.29. The second kappa shape index (κ2) is 11.2. The van der Waals surface area contributed by atoms with E-state index in [2.05, 4.69) is 10.5 Å². The first-order chi connectivity index (χ1) is 17.7. The van der Waals surface area contributed by atoms with E-state index < -0.39 is 10.0 Å². The van der Waals surface area contributed by atoms with Gasteiger partial charge in [-0.1, -0.05) is 41.1 Å². The van der Waals surface area contributed by atoms with Gasteiger partial charge in [0.2, 0.25) is 15.9 Å². The molecule has 9 nitrogen and oxygen atoms in total. The number of nitrogens with one attached hydrogen (secondary N) is 1. The molecule has 1 N–H and O–H groups in total. The number of amides is 1. The van der Waals surface area contributed by atoms with E-state index in [1.54, 1.807) is 44.4 Å². The van der Waals surface area contributed by atoms with Gasteiger partial charge in [0, 0.05) is 25.1 Å². The molecule has 0 unspecified atom stereocenters. The van der Waals surface area contributed by atoms with Crippen molar-refractivity contribution in [3.63, 3.8) is 0 Å². The van der Waals surface area contributed by atoms with Crippen LogP contribution in [-0.2, 0) is 14.8 Å². The molecule has 1 amide bonds. The molecule has 196 valence electrons. The van der Waals surface area contributed by atoms with E-state index in [0.717, 1.165) is 11.1 Å². The minimum absolute atomic E-state index is 0.0572. The van der Waals surface area contributed by atoms with Gasteiger partial charge in [-0.2, -0.15) is 4.31 Å². The van der Waals surface area contributed by atoms with Crippen molar-refractivity contribution in [1.82, 2.24) is 9.46 Å². The molecule has 1 saturated heterocycles. The van der Waals surface area contributed by atoms with Gasteiger partial charge in [0.15, 0.2) is 10.7 Å².